The summed E-state index contributed by atoms with van der Waals surface area (Å²) >= 11 is 0. The molecule has 2 aromatic rings. The van der Waals surface area contributed by atoms with Crippen molar-refractivity contribution in [3.05, 3.63) is 30.2 Å². The molecular formula is C16H24N4O. The van der Waals surface area contributed by atoms with Crippen LogP contribution in [0.4, 0.5) is 0 Å². The van der Waals surface area contributed by atoms with Gasteiger partial charge in [-0.15, -0.1) is 10.2 Å². The molecular weight excluding hydrogens is 264 g/mol. The zero-order valence-electron chi connectivity index (χ0n) is 13.0. The topological polar surface area (TPSA) is 51.5 Å². The van der Waals surface area contributed by atoms with Crippen molar-refractivity contribution in [1.29, 1.82) is 0 Å². The van der Waals surface area contributed by atoms with Crippen LogP contribution in [0.5, 0.6) is 0 Å². The number of hydrogen-bond donors (Lipinski definition) is 1. The predicted octanol–water partition coefficient (Wildman–Crippen LogP) is 2.58. The molecule has 1 fully saturated rings. The van der Waals surface area contributed by atoms with Crippen molar-refractivity contribution >= 4 is 5.65 Å². The molecule has 0 radical (unpaired) electrons. The van der Waals surface area contributed by atoms with E-state index in [4.69, 9.17) is 4.74 Å². The molecule has 0 bridgehead atoms. The second-order valence-corrected chi connectivity index (χ2v) is 6.25. The van der Waals surface area contributed by atoms with Crippen molar-refractivity contribution in [3.8, 4) is 0 Å². The van der Waals surface area contributed by atoms with Crippen molar-refractivity contribution < 1.29 is 4.74 Å². The first-order valence-electron chi connectivity index (χ1n) is 7.82. The number of nitrogens with zero attached hydrogens (tertiary/aromatic N) is 3. The summed E-state index contributed by atoms with van der Waals surface area (Å²) in [7, 11) is 0. The first kappa shape index (κ1) is 14.5. The maximum atomic E-state index is 5.84. The summed E-state index contributed by atoms with van der Waals surface area (Å²) in [6.07, 6.45) is 4.51. The molecule has 3 heterocycles. The molecule has 1 aliphatic rings. The maximum absolute atomic E-state index is 5.84. The molecule has 3 atom stereocenters. The van der Waals surface area contributed by atoms with Gasteiger partial charge in [-0.25, -0.2) is 0 Å². The Kier molecular flexibility index (Phi) is 4.22. The zero-order chi connectivity index (χ0) is 14.8. The Morgan fingerprint density at radius 2 is 2.14 bits per heavy atom. The molecule has 2 aromatic heterocycles. The summed E-state index contributed by atoms with van der Waals surface area (Å²) in [5.41, 5.74) is 0.896. The number of hydrogen-bond acceptors (Lipinski definition) is 4. The van der Waals surface area contributed by atoms with E-state index in [0.29, 0.717) is 18.1 Å². The minimum Gasteiger partial charge on any atom is -0.378 e. The lowest BCUT2D eigenvalue weighted by Crippen LogP contribution is -2.42. The highest BCUT2D eigenvalue weighted by atomic mass is 16.5. The molecule has 0 amide bonds. The van der Waals surface area contributed by atoms with Gasteiger partial charge < -0.3 is 10.1 Å². The van der Waals surface area contributed by atoms with Gasteiger partial charge in [0.1, 0.15) is 0 Å². The van der Waals surface area contributed by atoms with Crippen LogP contribution in [0, 0.1) is 5.92 Å². The molecule has 3 rings (SSSR count). The Balaban J connectivity index is 1.70. The Hall–Kier alpha value is -1.46. The molecule has 1 saturated heterocycles. The number of pyridine rings is 1. The summed E-state index contributed by atoms with van der Waals surface area (Å²) in [5, 5.41) is 12.3. The van der Waals surface area contributed by atoms with Gasteiger partial charge in [0.05, 0.1) is 12.1 Å². The average Bonchev–Trinajstić information content (AvgIpc) is 2.91. The fourth-order valence-corrected chi connectivity index (χ4v) is 3.03. The first-order chi connectivity index (χ1) is 10.1. The van der Waals surface area contributed by atoms with Crippen LogP contribution in [0.15, 0.2) is 24.4 Å². The number of aromatic nitrogens is 3. The monoisotopic (exact) mass is 288 g/mol. The van der Waals surface area contributed by atoms with Crippen LogP contribution in [0.3, 0.4) is 0 Å². The molecule has 0 aromatic carbocycles. The van der Waals surface area contributed by atoms with Gasteiger partial charge in [0.2, 0.25) is 0 Å². The van der Waals surface area contributed by atoms with E-state index >= 15 is 0 Å². The Labute approximate surface area is 125 Å². The lowest BCUT2D eigenvalue weighted by Gasteiger charge is -2.33. The van der Waals surface area contributed by atoms with Crippen molar-refractivity contribution in [2.75, 3.05) is 6.61 Å². The van der Waals surface area contributed by atoms with E-state index in [1.165, 1.54) is 0 Å². The molecule has 0 saturated carbocycles. The molecule has 5 nitrogen and oxygen atoms in total. The highest BCUT2D eigenvalue weighted by Gasteiger charge is 2.26. The second kappa shape index (κ2) is 6.12. The van der Waals surface area contributed by atoms with E-state index in [9.17, 15) is 0 Å². The fraction of sp³-hybridized carbons (Fsp3) is 0.625. The van der Waals surface area contributed by atoms with Gasteiger partial charge >= 0.3 is 0 Å². The van der Waals surface area contributed by atoms with Gasteiger partial charge in [-0.2, -0.15) is 0 Å². The molecule has 114 valence electrons. The van der Waals surface area contributed by atoms with Gasteiger partial charge in [0, 0.05) is 18.8 Å². The van der Waals surface area contributed by atoms with Crippen LogP contribution < -0.4 is 5.32 Å². The van der Waals surface area contributed by atoms with E-state index in [1.807, 2.05) is 24.4 Å². The van der Waals surface area contributed by atoms with Crippen LogP contribution in [-0.4, -0.2) is 33.4 Å². The molecule has 21 heavy (non-hydrogen) atoms. The highest BCUT2D eigenvalue weighted by molar-refractivity contribution is 5.37. The van der Waals surface area contributed by atoms with Crippen LogP contribution in [0.25, 0.3) is 5.65 Å². The molecule has 5 heteroatoms. The van der Waals surface area contributed by atoms with E-state index in [-0.39, 0.29) is 6.04 Å². The summed E-state index contributed by atoms with van der Waals surface area (Å²) in [6, 6.07) is 6.63. The summed E-state index contributed by atoms with van der Waals surface area (Å²) in [6.45, 7) is 7.45. The van der Waals surface area contributed by atoms with E-state index in [2.05, 4.69) is 40.7 Å². The van der Waals surface area contributed by atoms with Crippen LogP contribution in [0.2, 0.25) is 0 Å². The Morgan fingerprint density at radius 1 is 1.29 bits per heavy atom. The number of rotatable bonds is 4. The molecule has 3 unspecified atom stereocenters. The fourth-order valence-electron chi connectivity index (χ4n) is 3.03. The maximum Gasteiger partial charge on any atom is 0.160 e. The van der Waals surface area contributed by atoms with Gasteiger partial charge in [-0.3, -0.25) is 4.40 Å². The molecule has 0 spiro atoms. The zero-order valence-corrected chi connectivity index (χ0v) is 13.0. The Bertz CT molecular complexity index is 595. The van der Waals surface area contributed by atoms with Crippen LogP contribution in [0.1, 0.15) is 45.5 Å². The number of ether oxygens (including phenoxy) is 1. The van der Waals surface area contributed by atoms with Crippen molar-refractivity contribution in [3.63, 3.8) is 0 Å². The largest absolute Gasteiger partial charge is 0.378 e. The summed E-state index contributed by atoms with van der Waals surface area (Å²) in [5.74, 6) is 1.54. The SMILES string of the molecule is CC(NC1CCOC(C(C)C)C1)c1nnc2ccccn12. The minimum atomic E-state index is 0.179. The van der Waals surface area contributed by atoms with E-state index in [1.54, 1.807) is 0 Å². The van der Waals surface area contributed by atoms with Gasteiger partial charge in [0.15, 0.2) is 11.5 Å². The highest BCUT2D eigenvalue weighted by Crippen LogP contribution is 2.22. The van der Waals surface area contributed by atoms with Crippen LogP contribution >= 0.6 is 0 Å². The third kappa shape index (κ3) is 3.09. The van der Waals surface area contributed by atoms with Gasteiger partial charge in [-0.1, -0.05) is 19.9 Å². The minimum absolute atomic E-state index is 0.179. The number of nitrogens with one attached hydrogen (secondary N) is 1. The second-order valence-electron chi connectivity index (χ2n) is 6.25. The standard InChI is InChI=1S/C16H24N4O/c1-11(2)14-10-13(7-9-21-14)17-12(3)16-19-18-15-6-4-5-8-20(15)16/h4-6,8,11-14,17H,7,9-10H2,1-3H3. The normalized spacial score (nSPS) is 24.6. The molecule has 1 N–H and O–H groups in total. The lowest BCUT2D eigenvalue weighted by atomic mass is 9.95. The molecule has 1 aliphatic heterocycles. The quantitative estimate of drug-likeness (QED) is 0.939. The van der Waals surface area contributed by atoms with E-state index in [0.717, 1.165) is 30.9 Å². The molecule has 0 aliphatic carbocycles. The number of fused-ring (bicyclic) bond motifs is 1. The predicted molar refractivity (Wildman–Crippen MR) is 82.1 cm³/mol. The van der Waals surface area contributed by atoms with Crippen molar-refractivity contribution in [1.82, 2.24) is 19.9 Å². The Morgan fingerprint density at radius 3 is 2.95 bits per heavy atom. The average molecular weight is 288 g/mol. The van der Waals surface area contributed by atoms with Crippen molar-refractivity contribution in [2.24, 2.45) is 5.92 Å². The van der Waals surface area contributed by atoms with Gasteiger partial charge in [0.25, 0.3) is 0 Å². The first-order valence-corrected chi connectivity index (χ1v) is 7.82. The third-order valence-electron chi connectivity index (χ3n) is 4.27. The van der Waals surface area contributed by atoms with Crippen LogP contribution in [-0.2, 0) is 4.74 Å². The van der Waals surface area contributed by atoms with E-state index < -0.39 is 0 Å². The lowest BCUT2D eigenvalue weighted by molar-refractivity contribution is -0.0258. The summed E-state index contributed by atoms with van der Waals surface area (Å²) < 4.78 is 7.89. The third-order valence-corrected chi connectivity index (χ3v) is 4.27. The summed E-state index contributed by atoms with van der Waals surface area (Å²) in [4.78, 5) is 0. The smallest absolute Gasteiger partial charge is 0.160 e. The van der Waals surface area contributed by atoms with Gasteiger partial charge in [-0.05, 0) is 37.8 Å². The van der Waals surface area contributed by atoms with Crippen molar-refractivity contribution in [2.45, 2.75) is 51.8 Å².